The second-order valence-electron chi connectivity index (χ2n) is 13.6. The highest BCUT2D eigenvalue weighted by molar-refractivity contribution is 5.41. The highest BCUT2D eigenvalue weighted by Crippen LogP contribution is 2.40. The number of aliphatic hydroxyl groups is 4. The van der Waals surface area contributed by atoms with Crippen LogP contribution in [0.4, 0.5) is 0 Å². The largest absolute Gasteiger partial charge is 0.491 e. The van der Waals surface area contributed by atoms with E-state index < -0.39 is 73.0 Å². The van der Waals surface area contributed by atoms with E-state index in [9.17, 15) is 20.4 Å². The third kappa shape index (κ3) is 6.59. The van der Waals surface area contributed by atoms with Gasteiger partial charge in [0.15, 0.2) is 24.2 Å². The van der Waals surface area contributed by atoms with E-state index >= 15 is 0 Å². The summed E-state index contributed by atoms with van der Waals surface area (Å²) in [6.45, 7) is 11.0. The lowest BCUT2D eigenvalue weighted by molar-refractivity contribution is -0.227. The highest BCUT2D eigenvalue weighted by atomic mass is 16.8. The van der Waals surface area contributed by atoms with Gasteiger partial charge in [-0.3, -0.25) is 0 Å². The summed E-state index contributed by atoms with van der Waals surface area (Å²) < 4.78 is 45.7. The molecule has 12 heteroatoms. The fourth-order valence-corrected chi connectivity index (χ4v) is 6.32. The Morgan fingerprint density at radius 2 is 1.00 bits per heavy atom. The monoisotopic (exact) mass is 632 g/mol. The predicted octanol–water partition coefficient (Wildman–Crippen LogP) is 1.97. The smallest absolute Gasteiger partial charge is 0.190 e. The molecule has 4 fully saturated rings. The quantitative estimate of drug-likeness (QED) is 0.303. The summed E-state index contributed by atoms with van der Waals surface area (Å²) in [7, 11) is 0. The first kappa shape index (κ1) is 32.6. The maximum atomic E-state index is 10.6. The molecular formula is C33H44O12. The van der Waals surface area contributed by atoms with Crippen LogP contribution in [-0.2, 0) is 33.8 Å². The van der Waals surface area contributed by atoms with Crippen molar-refractivity contribution in [2.75, 3.05) is 13.2 Å². The molecule has 0 aliphatic carbocycles. The van der Waals surface area contributed by atoms with Crippen molar-refractivity contribution in [3.63, 3.8) is 0 Å². The molecule has 45 heavy (non-hydrogen) atoms. The van der Waals surface area contributed by atoms with Gasteiger partial charge in [-0.2, -0.15) is 0 Å². The molecule has 2 aromatic rings. The normalized spacial score (nSPS) is 34.7. The molecule has 4 heterocycles. The Kier molecular flexibility index (Phi) is 8.70. The Balaban J connectivity index is 0.986. The Morgan fingerprint density at radius 3 is 1.33 bits per heavy atom. The fourth-order valence-electron chi connectivity index (χ4n) is 6.32. The van der Waals surface area contributed by atoms with E-state index in [4.69, 9.17) is 37.9 Å². The molecule has 12 nitrogen and oxygen atoms in total. The molecule has 4 N–H and O–H groups in total. The minimum Gasteiger partial charge on any atom is -0.491 e. The highest BCUT2D eigenvalue weighted by Gasteiger charge is 2.57. The van der Waals surface area contributed by atoms with Gasteiger partial charge in [0.25, 0.3) is 0 Å². The van der Waals surface area contributed by atoms with Crippen LogP contribution in [0.3, 0.4) is 0 Å². The summed E-state index contributed by atoms with van der Waals surface area (Å²) in [4.78, 5) is 0. The van der Waals surface area contributed by atoms with Gasteiger partial charge in [-0.25, -0.2) is 0 Å². The molecule has 248 valence electrons. The van der Waals surface area contributed by atoms with Crippen LogP contribution in [0.15, 0.2) is 48.5 Å². The number of benzene rings is 2. The molecule has 4 aliphatic rings. The second kappa shape index (κ2) is 12.0. The predicted molar refractivity (Wildman–Crippen MR) is 157 cm³/mol. The molecule has 4 saturated heterocycles. The van der Waals surface area contributed by atoms with Crippen LogP contribution >= 0.6 is 0 Å². The molecule has 0 aromatic heterocycles. The van der Waals surface area contributed by atoms with Gasteiger partial charge in [-0.05, 0) is 63.1 Å². The molecule has 0 spiro atoms. The number of rotatable bonds is 10. The van der Waals surface area contributed by atoms with E-state index in [0.717, 1.165) is 11.1 Å². The van der Waals surface area contributed by atoms with Gasteiger partial charge in [0.05, 0.1) is 0 Å². The van der Waals surface area contributed by atoms with Crippen molar-refractivity contribution in [2.24, 2.45) is 0 Å². The number of aliphatic hydroxyl groups excluding tert-OH is 4. The van der Waals surface area contributed by atoms with Crippen molar-refractivity contribution >= 4 is 0 Å². The van der Waals surface area contributed by atoms with Gasteiger partial charge in [-0.1, -0.05) is 38.1 Å². The van der Waals surface area contributed by atoms with Crippen LogP contribution in [0, 0.1) is 0 Å². The lowest BCUT2D eigenvalue weighted by Crippen LogP contribution is -2.43. The molecule has 0 radical (unpaired) electrons. The molecule has 0 amide bonds. The molecule has 6 rings (SSSR count). The van der Waals surface area contributed by atoms with E-state index in [1.807, 2.05) is 48.5 Å². The van der Waals surface area contributed by atoms with Crippen molar-refractivity contribution in [3.8, 4) is 11.5 Å². The average molecular weight is 633 g/mol. The molecular weight excluding hydrogens is 588 g/mol. The maximum Gasteiger partial charge on any atom is 0.190 e. The standard InChI is InChI=1S/C33H44O12/c1-31(2,17-7-11-19(12-8-17)38-15-21(34)25-23(36)27-29(40-25)44-32(3,4)42-27)18-9-13-20(14-10-18)39-16-22(35)26-24(37)28-30(41-26)45-33(5,6)43-28/h7-14,21-30,34-37H,15-16H2,1-6H3/t21-,22-,23+,24+,25-,26-,27-,28-,29-,30-/m1/s1. The van der Waals surface area contributed by atoms with Crippen LogP contribution < -0.4 is 9.47 Å². The summed E-state index contributed by atoms with van der Waals surface area (Å²) in [5.74, 6) is -0.562. The minimum atomic E-state index is -1.08. The van der Waals surface area contributed by atoms with Crippen LogP contribution in [-0.4, -0.2) is 107 Å². The van der Waals surface area contributed by atoms with E-state index in [-0.39, 0.29) is 18.6 Å². The van der Waals surface area contributed by atoms with Crippen LogP contribution in [0.5, 0.6) is 11.5 Å². The third-order valence-corrected chi connectivity index (χ3v) is 8.86. The second-order valence-corrected chi connectivity index (χ2v) is 13.6. The van der Waals surface area contributed by atoms with E-state index in [2.05, 4.69) is 13.8 Å². The summed E-state index contributed by atoms with van der Waals surface area (Å²) in [5, 5.41) is 42.4. The Hall–Kier alpha value is -2.36. The Morgan fingerprint density at radius 1 is 0.644 bits per heavy atom. The lowest BCUT2D eigenvalue weighted by Gasteiger charge is -2.27. The topological polar surface area (TPSA) is 155 Å². The molecule has 0 unspecified atom stereocenters. The van der Waals surface area contributed by atoms with Gasteiger partial charge in [0, 0.05) is 5.41 Å². The summed E-state index contributed by atoms with van der Waals surface area (Å²) in [5.41, 5.74) is 1.74. The Bertz CT molecular complexity index is 1210. The number of fused-ring (bicyclic) bond motifs is 2. The van der Waals surface area contributed by atoms with Crippen LogP contribution in [0.25, 0.3) is 0 Å². The summed E-state index contributed by atoms with van der Waals surface area (Å²) in [6.07, 6.45) is -8.78. The zero-order chi connectivity index (χ0) is 32.3. The van der Waals surface area contributed by atoms with Gasteiger partial charge in [0.2, 0.25) is 0 Å². The van der Waals surface area contributed by atoms with Crippen molar-refractivity contribution < 1.29 is 58.3 Å². The molecule has 10 atom stereocenters. The van der Waals surface area contributed by atoms with Gasteiger partial charge >= 0.3 is 0 Å². The summed E-state index contributed by atoms with van der Waals surface area (Å²) in [6, 6.07) is 15.2. The zero-order valence-electron chi connectivity index (χ0n) is 26.4. The fraction of sp³-hybridized carbons (Fsp3) is 0.636. The van der Waals surface area contributed by atoms with Gasteiger partial charge < -0.3 is 58.3 Å². The van der Waals surface area contributed by atoms with Crippen molar-refractivity contribution in [3.05, 3.63) is 59.7 Å². The van der Waals surface area contributed by atoms with E-state index in [1.54, 1.807) is 27.7 Å². The number of hydrogen-bond donors (Lipinski definition) is 4. The maximum absolute atomic E-state index is 10.6. The first-order chi connectivity index (χ1) is 21.1. The molecule has 0 saturated carbocycles. The minimum absolute atomic E-state index is 0.0732. The number of hydrogen-bond acceptors (Lipinski definition) is 12. The van der Waals surface area contributed by atoms with Crippen molar-refractivity contribution in [1.29, 1.82) is 0 Å². The SMILES string of the molecule is CC1(C)O[C@H]2O[C@H]([C@H](O)COc3ccc(C(C)(C)c4ccc(OC[C@@H](O)[C@H]5O[C@@H]6OC(C)(C)O[C@@H]6[C@H]5O)cc4)cc3)[C@H](O)[C@H]2O1. The Labute approximate surface area is 262 Å². The molecule has 4 aliphatic heterocycles. The third-order valence-electron chi connectivity index (χ3n) is 8.86. The molecule has 2 aromatic carbocycles. The van der Waals surface area contributed by atoms with E-state index in [0.29, 0.717) is 11.5 Å². The van der Waals surface area contributed by atoms with E-state index in [1.165, 1.54) is 0 Å². The lowest BCUT2D eigenvalue weighted by atomic mass is 9.78. The van der Waals surface area contributed by atoms with Crippen molar-refractivity contribution in [1.82, 2.24) is 0 Å². The van der Waals surface area contributed by atoms with Gasteiger partial charge in [-0.15, -0.1) is 0 Å². The van der Waals surface area contributed by atoms with Crippen LogP contribution in [0.1, 0.15) is 52.7 Å². The van der Waals surface area contributed by atoms with Gasteiger partial charge in [0.1, 0.15) is 73.5 Å². The average Bonchev–Trinajstić information content (AvgIpc) is 3.67. The molecule has 0 bridgehead atoms. The van der Waals surface area contributed by atoms with Crippen molar-refractivity contribution in [2.45, 2.75) is 120 Å². The zero-order valence-corrected chi connectivity index (χ0v) is 26.4. The summed E-state index contributed by atoms with van der Waals surface area (Å²) >= 11 is 0. The first-order valence-electron chi connectivity index (χ1n) is 15.3. The first-order valence-corrected chi connectivity index (χ1v) is 15.3. The van der Waals surface area contributed by atoms with Crippen LogP contribution in [0.2, 0.25) is 0 Å². The number of ether oxygens (including phenoxy) is 8.